The highest BCUT2D eigenvalue weighted by molar-refractivity contribution is 5.66. The van der Waals surface area contributed by atoms with Crippen LogP contribution in [-0.2, 0) is 4.74 Å². The Kier molecular flexibility index (Phi) is 4.42. The molecule has 124 valence electrons. The first kappa shape index (κ1) is 15.1. The van der Waals surface area contributed by atoms with E-state index < -0.39 is 0 Å². The summed E-state index contributed by atoms with van der Waals surface area (Å²) in [5, 5.41) is 7.91. The summed E-state index contributed by atoms with van der Waals surface area (Å²) in [5.41, 5.74) is 2.95. The van der Waals surface area contributed by atoms with Gasteiger partial charge in [0, 0.05) is 37.5 Å². The van der Waals surface area contributed by atoms with Crippen LogP contribution in [0.15, 0.2) is 48.7 Å². The van der Waals surface area contributed by atoms with Crippen LogP contribution >= 0.6 is 0 Å². The maximum absolute atomic E-state index is 5.44. The highest BCUT2D eigenvalue weighted by Gasteiger charge is 2.15. The van der Waals surface area contributed by atoms with Crippen LogP contribution in [0.5, 0.6) is 0 Å². The Bertz CT molecular complexity index is 793. The summed E-state index contributed by atoms with van der Waals surface area (Å²) in [7, 11) is 0. The van der Waals surface area contributed by atoms with E-state index in [9.17, 15) is 0 Å². The average molecular weight is 322 g/mol. The summed E-state index contributed by atoms with van der Waals surface area (Å²) in [6.45, 7) is 2.79. The quantitative estimate of drug-likeness (QED) is 0.704. The van der Waals surface area contributed by atoms with Gasteiger partial charge in [-0.1, -0.05) is 30.3 Å². The topological polar surface area (TPSA) is 51.5 Å². The number of rotatable bonds is 6. The van der Waals surface area contributed by atoms with Gasteiger partial charge in [-0.2, -0.15) is 9.61 Å². The highest BCUT2D eigenvalue weighted by atomic mass is 16.5. The Balaban J connectivity index is 1.49. The van der Waals surface area contributed by atoms with E-state index in [1.54, 1.807) is 6.20 Å². The van der Waals surface area contributed by atoms with Crippen LogP contribution in [0.4, 0.5) is 5.82 Å². The van der Waals surface area contributed by atoms with Crippen LogP contribution in [0.2, 0.25) is 0 Å². The molecule has 1 aliphatic heterocycles. The zero-order valence-electron chi connectivity index (χ0n) is 13.7. The zero-order valence-corrected chi connectivity index (χ0v) is 13.7. The van der Waals surface area contributed by atoms with Crippen LogP contribution < -0.4 is 5.32 Å². The maximum atomic E-state index is 5.44. The molecule has 0 spiro atoms. The van der Waals surface area contributed by atoms with Crippen molar-refractivity contribution in [2.75, 3.05) is 25.1 Å². The van der Waals surface area contributed by atoms with Crippen molar-refractivity contribution in [2.45, 2.75) is 19.3 Å². The van der Waals surface area contributed by atoms with Gasteiger partial charge in [-0.05, 0) is 25.2 Å². The minimum atomic E-state index is 0.730. The molecule has 4 rings (SSSR count). The third-order valence-corrected chi connectivity index (χ3v) is 4.55. The van der Waals surface area contributed by atoms with Crippen LogP contribution in [0.25, 0.3) is 16.9 Å². The molecule has 0 unspecified atom stereocenters. The third-order valence-electron chi connectivity index (χ3n) is 4.55. The van der Waals surface area contributed by atoms with E-state index in [1.807, 2.05) is 28.8 Å². The lowest BCUT2D eigenvalue weighted by Crippen LogP contribution is -2.10. The lowest BCUT2D eigenvalue weighted by atomic mass is 10.0. The minimum absolute atomic E-state index is 0.730. The smallest absolute Gasteiger partial charge is 0.157 e. The summed E-state index contributed by atoms with van der Waals surface area (Å²) >= 11 is 0. The molecule has 1 atom stereocenters. The van der Waals surface area contributed by atoms with Gasteiger partial charge in [0.1, 0.15) is 5.82 Å². The Morgan fingerprint density at radius 3 is 2.96 bits per heavy atom. The van der Waals surface area contributed by atoms with E-state index in [-0.39, 0.29) is 0 Å². The number of hydrogen-bond donors (Lipinski definition) is 1. The Hall–Kier alpha value is -2.40. The van der Waals surface area contributed by atoms with E-state index >= 15 is 0 Å². The summed E-state index contributed by atoms with van der Waals surface area (Å²) in [6.07, 6.45) is 5.35. The van der Waals surface area contributed by atoms with E-state index in [0.29, 0.717) is 0 Å². The van der Waals surface area contributed by atoms with Gasteiger partial charge in [0.2, 0.25) is 0 Å². The SMILES string of the molecule is c1ccc(-c2cc(NCCC[C@H]3CCOC3)n3nccc3n2)cc1. The van der Waals surface area contributed by atoms with Crippen molar-refractivity contribution in [1.29, 1.82) is 0 Å². The van der Waals surface area contributed by atoms with Crippen LogP contribution in [0.3, 0.4) is 0 Å². The zero-order chi connectivity index (χ0) is 16.2. The Morgan fingerprint density at radius 1 is 1.21 bits per heavy atom. The largest absolute Gasteiger partial charge is 0.381 e. The molecule has 3 heterocycles. The van der Waals surface area contributed by atoms with Crippen molar-refractivity contribution in [3.05, 3.63) is 48.7 Å². The summed E-state index contributed by atoms with van der Waals surface area (Å²) in [6, 6.07) is 14.3. The van der Waals surface area contributed by atoms with E-state index in [1.165, 1.54) is 12.8 Å². The minimum Gasteiger partial charge on any atom is -0.381 e. The Labute approximate surface area is 141 Å². The number of hydrogen-bond acceptors (Lipinski definition) is 4. The van der Waals surface area contributed by atoms with Crippen molar-refractivity contribution in [3.8, 4) is 11.3 Å². The fourth-order valence-electron chi connectivity index (χ4n) is 3.21. The summed E-state index contributed by atoms with van der Waals surface area (Å²) in [5.74, 6) is 1.72. The fraction of sp³-hybridized carbons (Fsp3) is 0.368. The molecule has 5 heteroatoms. The standard InChI is InChI=1S/C19H22N4O/c1-2-6-16(7-3-1)17-13-19(23-18(22-17)8-11-21-23)20-10-4-5-15-9-12-24-14-15/h1-3,6-8,11,13,15,20H,4-5,9-10,12,14H2/t15-/m0/s1. The molecule has 0 amide bonds. The molecule has 1 aliphatic rings. The molecule has 0 saturated carbocycles. The van der Waals surface area contributed by atoms with Crippen molar-refractivity contribution >= 4 is 11.5 Å². The lowest BCUT2D eigenvalue weighted by molar-refractivity contribution is 0.184. The van der Waals surface area contributed by atoms with Gasteiger partial charge in [0.05, 0.1) is 11.9 Å². The van der Waals surface area contributed by atoms with Crippen molar-refractivity contribution in [2.24, 2.45) is 5.92 Å². The third kappa shape index (κ3) is 3.26. The van der Waals surface area contributed by atoms with Crippen molar-refractivity contribution in [3.63, 3.8) is 0 Å². The molecule has 2 aromatic heterocycles. The van der Waals surface area contributed by atoms with Gasteiger partial charge in [-0.15, -0.1) is 0 Å². The monoisotopic (exact) mass is 322 g/mol. The molecule has 3 aromatic rings. The molecule has 5 nitrogen and oxygen atoms in total. The van der Waals surface area contributed by atoms with Crippen LogP contribution in [0.1, 0.15) is 19.3 Å². The van der Waals surface area contributed by atoms with Gasteiger partial charge in [-0.25, -0.2) is 4.98 Å². The molecular formula is C19H22N4O. The molecule has 1 saturated heterocycles. The molecule has 1 N–H and O–H groups in total. The molecule has 0 radical (unpaired) electrons. The van der Waals surface area contributed by atoms with Gasteiger partial charge in [0.25, 0.3) is 0 Å². The lowest BCUT2D eigenvalue weighted by Gasteiger charge is -2.12. The van der Waals surface area contributed by atoms with E-state index in [4.69, 9.17) is 9.72 Å². The first-order valence-electron chi connectivity index (χ1n) is 8.62. The number of benzene rings is 1. The molecular weight excluding hydrogens is 300 g/mol. The maximum Gasteiger partial charge on any atom is 0.157 e. The second-order valence-corrected chi connectivity index (χ2v) is 6.29. The molecule has 1 aromatic carbocycles. The molecule has 24 heavy (non-hydrogen) atoms. The fourth-order valence-corrected chi connectivity index (χ4v) is 3.21. The number of nitrogens with zero attached hydrogens (tertiary/aromatic N) is 3. The van der Waals surface area contributed by atoms with Crippen molar-refractivity contribution < 1.29 is 4.74 Å². The van der Waals surface area contributed by atoms with Gasteiger partial charge < -0.3 is 10.1 Å². The molecule has 1 fully saturated rings. The summed E-state index contributed by atoms with van der Waals surface area (Å²) in [4.78, 5) is 4.70. The van der Waals surface area contributed by atoms with Crippen LogP contribution in [-0.4, -0.2) is 34.4 Å². The average Bonchev–Trinajstić information content (AvgIpc) is 3.30. The number of anilines is 1. The summed E-state index contributed by atoms with van der Waals surface area (Å²) < 4.78 is 7.31. The number of aromatic nitrogens is 3. The predicted octanol–water partition coefficient (Wildman–Crippen LogP) is 3.62. The predicted molar refractivity (Wildman–Crippen MR) is 95.1 cm³/mol. The molecule has 0 bridgehead atoms. The number of ether oxygens (including phenoxy) is 1. The first-order valence-corrected chi connectivity index (χ1v) is 8.62. The highest BCUT2D eigenvalue weighted by Crippen LogP contribution is 2.22. The second kappa shape index (κ2) is 7.01. The second-order valence-electron chi connectivity index (χ2n) is 6.29. The van der Waals surface area contributed by atoms with E-state index in [0.717, 1.165) is 54.8 Å². The normalized spacial score (nSPS) is 17.4. The Morgan fingerprint density at radius 2 is 2.12 bits per heavy atom. The van der Waals surface area contributed by atoms with E-state index in [2.05, 4.69) is 28.6 Å². The number of fused-ring (bicyclic) bond motifs is 1. The van der Waals surface area contributed by atoms with Gasteiger partial charge >= 0.3 is 0 Å². The van der Waals surface area contributed by atoms with Gasteiger partial charge in [0.15, 0.2) is 5.65 Å². The van der Waals surface area contributed by atoms with Crippen LogP contribution in [0, 0.1) is 5.92 Å². The first-order chi connectivity index (χ1) is 11.9. The van der Waals surface area contributed by atoms with Crippen molar-refractivity contribution in [1.82, 2.24) is 14.6 Å². The van der Waals surface area contributed by atoms with Gasteiger partial charge in [-0.3, -0.25) is 0 Å². The number of nitrogens with one attached hydrogen (secondary N) is 1. The molecule has 0 aliphatic carbocycles.